The summed E-state index contributed by atoms with van der Waals surface area (Å²) in [5.41, 5.74) is 1.85. The summed E-state index contributed by atoms with van der Waals surface area (Å²) < 4.78 is 0. The average molecular weight is 446 g/mol. The number of Topliss-reactive ketones (excluding diaryl/α,β-unsaturated/α-hetero) is 1. The van der Waals surface area contributed by atoms with E-state index in [0.717, 1.165) is 11.3 Å². The fourth-order valence-corrected chi connectivity index (χ4v) is 3.47. The molecule has 156 valence electrons. The summed E-state index contributed by atoms with van der Waals surface area (Å²) in [6.07, 6.45) is 1.75. The van der Waals surface area contributed by atoms with E-state index in [1.165, 1.54) is 0 Å². The first kappa shape index (κ1) is 22.0. The molecule has 0 aliphatic heterocycles. The van der Waals surface area contributed by atoms with Crippen molar-refractivity contribution in [1.82, 2.24) is 15.0 Å². The second-order valence-corrected chi connectivity index (χ2v) is 7.53. The van der Waals surface area contributed by atoms with Gasteiger partial charge >= 0.3 is 0 Å². The topological polar surface area (TPSA) is 91.2 Å². The van der Waals surface area contributed by atoms with Crippen LogP contribution in [0.15, 0.2) is 42.6 Å². The number of anilines is 3. The lowest BCUT2D eigenvalue weighted by Crippen LogP contribution is -2.23. The Bertz CT molecular complexity index is 1040. The number of carbonyl (C=O) groups excluding carboxylic acids is 1. The van der Waals surface area contributed by atoms with Crippen LogP contribution in [0.3, 0.4) is 0 Å². The zero-order valence-corrected chi connectivity index (χ0v) is 18.1. The fourth-order valence-electron chi connectivity index (χ4n) is 2.86. The van der Waals surface area contributed by atoms with Gasteiger partial charge in [-0.15, -0.1) is 0 Å². The number of ketones is 1. The van der Waals surface area contributed by atoms with Crippen LogP contribution < -0.4 is 10.2 Å². The third kappa shape index (κ3) is 5.44. The van der Waals surface area contributed by atoms with Gasteiger partial charge in [0, 0.05) is 38.0 Å². The average Bonchev–Trinajstić information content (AvgIpc) is 2.68. The zero-order chi connectivity index (χ0) is 21.7. The van der Waals surface area contributed by atoms with Crippen molar-refractivity contribution in [3.8, 4) is 0 Å². The highest BCUT2D eigenvalue weighted by atomic mass is 35.5. The number of halogens is 2. The number of aryl methyl sites for hydroxylation is 1. The Hall–Kier alpha value is -2.74. The van der Waals surface area contributed by atoms with Crippen LogP contribution in [0.4, 0.5) is 17.6 Å². The largest absolute Gasteiger partial charge is 0.395 e. The number of aromatic nitrogens is 3. The Balaban J connectivity index is 1.79. The summed E-state index contributed by atoms with van der Waals surface area (Å²) >= 11 is 12.3. The number of rotatable bonds is 8. The molecule has 7 nitrogen and oxygen atoms in total. The van der Waals surface area contributed by atoms with E-state index in [2.05, 4.69) is 20.3 Å². The monoisotopic (exact) mass is 445 g/mol. The third-order valence-corrected chi connectivity index (χ3v) is 4.94. The van der Waals surface area contributed by atoms with Gasteiger partial charge in [-0.25, -0.2) is 9.97 Å². The molecule has 0 spiro atoms. The molecule has 1 aromatic carbocycles. The van der Waals surface area contributed by atoms with Crippen molar-refractivity contribution >= 4 is 46.6 Å². The molecule has 0 atom stereocenters. The van der Waals surface area contributed by atoms with Crippen molar-refractivity contribution in [3.05, 3.63) is 69.5 Å². The molecule has 30 heavy (non-hydrogen) atoms. The molecule has 0 aliphatic rings. The summed E-state index contributed by atoms with van der Waals surface area (Å²) in [6.45, 7) is 2.28. The van der Waals surface area contributed by atoms with Crippen molar-refractivity contribution in [2.75, 3.05) is 30.4 Å². The van der Waals surface area contributed by atoms with Crippen LogP contribution in [-0.2, 0) is 6.42 Å². The van der Waals surface area contributed by atoms with Crippen LogP contribution in [-0.4, -0.2) is 46.0 Å². The zero-order valence-electron chi connectivity index (χ0n) is 16.6. The number of aliphatic hydroxyl groups is 1. The first-order valence-corrected chi connectivity index (χ1v) is 10.00. The summed E-state index contributed by atoms with van der Waals surface area (Å²) in [5, 5.41) is 12.9. The van der Waals surface area contributed by atoms with Crippen molar-refractivity contribution in [1.29, 1.82) is 0 Å². The smallest absolute Gasteiger partial charge is 0.227 e. The minimum atomic E-state index is -0.173. The summed E-state index contributed by atoms with van der Waals surface area (Å²) in [5.74, 6) is 1.42. The maximum absolute atomic E-state index is 12.7. The molecule has 0 unspecified atom stereocenters. The second kappa shape index (κ2) is 9.84. The van der Waals surface area contributed by atoms with Crippen molar-refractivity contribution in [2.45, 2.75) is 13.3 Å². The number of pyridine rings is 1. The van der Waals surface area contributed by atoms with E-state index in [-0.39, 0.29) is 18.8 Å². The second-order valence-electron chi connectivity index (χ2n) is 6.71. The molecular formula is C21H21Cl2N5O2. The minimum Gasteiger partial charge on any atom is -0.395 e. The molecule has 2 N–H and O–H groups in total. The molecular weight excluding hydrogens is 425 g/mol. The van der Waals surface area contributed by atoms with Gasteiger partial charge in [-0.05, 0) is 36.8 Å². The summed E-state index contributed by atoms with van der Waals surface area (Å²) in [4.78, 5) is 27.6. The number of aliphatic hydroxyl groups excluding tert-OH is 1. The van der Waals surface area contributed by atoms with E-state index >= 15 is 0 Å². The number of nitrogens with one attached hydrogen (secondary N) is 1. The van der Waals surface area contributed by atoms with Crippen molar-refractivity contribution in [3.63, 3.8) is 0 Å². The van der Waals surface area contributed by atoms with Gasteiger partial charge in [0.2, 0.25) is 5.95 Å². The van der Waals surface area contributed by atoms with Crippen LogP contribution in [0.1, 0.15) is 21.6 Å². The minimum absolute atomic E-state index is 0.00361. The van der Waals surface area contributed by atoms with Gasteiger partial charge < -0.3 is 15.3 Å². The predicted octanol–water partition coefficient (Wildman–Crippen LogP) is 4.08. The lowest BCUT2D eigenvalue weighted by Gasteiger charge is -2.17. The normalized spacial score (nSPS) is 10.7. The molecule has 0 radical (unpaired) electrons. The van der Waals surface area contributed by atoms with Crippen LogP contribution >= 0.6 is 23.2 Å². The van der Waals surface area contributed by atoms with Gasteiger partial charge in [-0.1, -0.05) is 29.3 Å². The SMILES string of the molecule is Cc1cc(Nc2cc(CC(=O)c3c(Cl)cccc3Cl)ccn2)nc(N(C)CCO)n1. The molecule has 9 heteroatoms. The van der Waals surface area contributed by atoms with Gasteiger partial charge in [0.15, 0.2) is 5.78 Å². The molecule has 3 rings (SSSR count). The van der Waals surface area contributed by atoms with Gasteiger partial charge in [0.05, 0.1) is 22.2 Å². The van der Waals surface area contributed by atoms with E-state index in [4.69, 9.17) is 28.3 Å². The molecule has 0 amide bonds. The van der Waals surface area contributed by atoms with Crippen molar-refractivity contribution < 1.29 is 9.90 Å². The van der Waals surface area contributed by atoms with Crippen LogP contribution in [0.2, 0.25) is 10.0 Å². The van der Waals surface area contributed by atoms with Crippen LogP contribution in [0, 0.1) is 6.92 Å². The van der Waals surface area contributed by atoms with Gasteiger partial charge in [0.25, 0.3) is 0 Å². The maximum atomic E-state index is 12.7. The van der Waals surface area contributed by atoms with E-state index in [9.17, 15) is 4.79 Å². The quantitative estimate of drug-likeness (QED) is 0.504. The van der Waals surface area contributed by atoms with E-state index in [1.54, 1.807) is 54.5 Å². The first-order valence-electron chi connectivity index (χ1n) is 9.24. The Morgan fingerprint density at radius 2 is 1.87 bits per heavy atom. The van der Waals surface area contributed by atoms with E-state index < -0.39 is 0 Å². The molecule has 0 aliphatic carbocycles. The maximum Gasteiger partial charge on any atom is 0.227 e. The number of likely N-dealkylation sites (N-methyl/N-ethyl adjacent to an activating group) is 1. The lowest BCUT2D eigenvalue weighted by atomic mass is 10.0. The Morgan fingerprint density at radius 3 is 2.57 bits per heavy atom. The number of carbonyl (C=O) groups is 1. The fraction of sp³-hybridized carbons (Fsp3) is 0.238. The molecule has 0 saturated carbocycles. The highest BCUT2D eigenvalue weighted by Gasteiger charge is 2.15. The van der Waals surface area contributed by atoms with E-state index in [0.29, 0.717) is 39.7 Å². The highest BCUT2D eigenvalue weighted by molar-refractivity contribution is 6.39. The number of hydrogen-bond acceptors (Lipinski definition) is 7. The van der Waals surface area contributed by atoms with Gasteiger partial charge in [-0.3, -0.25) is 4.79 Å². The first-order chi connectivity index (χ1) is 14.4. The Morgan fingerprint density at radius 1 is 1.13 bits per heavy atom. The summed E-state index contributed by atoms with van der Waals surface area (Å²) in [6, 6.07) is 10.3. The van der Waals surface area contributed by atoms with Crippen LogP contribution in [0.5, 0.6) is 0 Å². The van der Waals surface area contributed by atoms with Gasteiger partial charge in [-0.2, -0.15) is 4.98 Å². The third-order valence-electron chi connectivity index (χ3n) is 4.31. The molecule has 0 saturated heterocycles. The molecule has 2 aromatic heterocycles. The molecule has 2 heterocycles. The lowest BCUT2D eigenvalue weighted by molar-refractivity contribution is 0.0993. The number of nitrogens with zero attached hydrogens (tertiary/aromatic N) is 4. The highest BCUT2D eigenvalue weighted by Crippen LogP contribution is 2.26. The molecule has 0 fully saturated rings. The van der Waals surface area contributed by atoms with Gasteiger partial charge in [0.1, 0.15) is 11.6 Å². The number of benzene rings is 1. The Labute approximate surface area is 184 Å². The predicted molar refractivity (Wildman–Crippen MR) is 119 cm³/mol. The van der Waals surface area contributed by atoms with E-state index in [1.807, 2.05) is 6.92 Å². The summed E-state index contributed by atoms with van der Waals surface area (Å²) in [7, 11) is 1.80. The molecule has 0 bridgehead atoms. The Kier molecular flexibility index (Phi) is 7.20. The van der Waals surface area contributed by atoms with Crippen molar-refractivity contribution in [2.24, 2.45) is 0 Å². The standard InChI is InChI=1S/C21H21Cl2N5O2/c1-13-10-19(27-21(25-13)28(2)8-9-29)26-18-12-14(6-7-24-18)11-17(30)20-15(22)4-3-5-16(20)23/h3-7,10,12,29H,8-9,11H2,1-2H3,(H,24,25,26,27). The van der Waals surface area contributed by atoms with Crippen LogP contribution in [0.25, 0.3) is 0 Å². The number of hydrogen-bond donors (Lipinski definition) is 2. The molecule has 3 aromatic rings.